The third-order valence-corrected chi connectivity index (χ3v) is 9.36. The Hall–Kier alpha value is -3.73. The number of carbonyl (C=O) groups is 1. The molecular weight excluding hydrogens is 597 g/mol. The minimum absolute atomic E-state index is 0.185. The van der Waals surface area contributed by atoms with Gasteiger partial charge < -0.3 is 5.32 Å². The highest BCUT2D eigenvalue weighted by Crippen LogP contribution is 2.43. The van der Waals surface area contributed by atoms with Gasteiger partial charge in [0.1, 0.15) is 0 Å². The summed E-state index contributed by atoms with van der Waals surface area (Å²) in [6.07, 6.45) is 0. The number of rotatable bonds is 7. The van der Waals surface area contributed by atoms with Crippen molar-refractivity contribution in [2.45, 2.75) is 23.6 Å². The Morgan fingerprint density at radius 3 is 2.02 bits per heavy atom. The van der Waals surface area contributed by atoms with Gasteiger partial charge in [0, 0.05) is 23.1 Å². The summed E-state index contributed by atoms with van der Waals surface area (Å²) >= 11 is 2.51. The summed E-state index contributed by atoms with van der Waals surface area (Å²) in [5.74, 6) is -0.185. The Labute approximate surface area is 237 Å². The van der Waals surface area contributed by atoms with Gasteiger partial charge in [0.15, 0.2) is 10.3 Å². The van der Waals surface area contributed by atoms with Gasteiger partial charge >= 0.3 is 0 Å². The van der Waals surface area contributed by atoms with Crippen LogP contribution in [0, 0.1) is 6.92 Å². The number of nitrogens with zero attached hydrogens (tertiary/aromatic N) is 3. The second-order valence-corrected chi connectivity index (χ2v) is 13.6. The number of hydrogen-bond acceptors (Lipinski definition) is 10. The molecule has 0 spiro atoms. The summed E-state index contributed by atoms with van der Waals surface area (Å²) in [6.45, 7) is 3.32. The van der Waals surface area contributed by atoms with Crippen molar-refractivity contribution in [1.29, 1.82) is 0 Å². The minimum Gasteiger partial charge on any atom is -0.326 e. The lowest BCUT2D eigenvalue weighted by Crippen LogP contribution is -2.10. The van der Waals surface area contributed by atoms with Gasteiger partial charge in [0.05, 0.1) is 31.4 Å². The van der Waals surface area contributed by atoms with E-state index in [1.807, 2.05) is 19.1 Å². The Morgan fingerprint density at radius 1 is 0.825 bits per heavy atom. The molecule has 15 heteroatoms. The largest absolute Gasteiger partial charge is 0.326 e. The van der Waals surface area contributed by atoms with E-state index in [0.29, 0.717) is 37.5 Å². The molecule has 0 atom stereocenters. The lowest BCUT2D eigenvalue weighted by molar-refractivity contribution is -0.114. The maximum absolute atomic E-state index is 11.7. The molecule has 11 nitrogen and oxygen atoms in total. The van der Waals surface area contributed by atoms with E-state index in [9.17, 15) is 30.7 Å². The number of hydrogen-bond donors (Lipinski definition) is 3. The number of benzene rings is 3. The third-order valence-electron chi connectivity index (χ3n) is 5.69. The monoisotopic (exact) mass is 616 g/mol. The van der Waals surface area contributed by atoms with Crippen LogP contribution in [0.2, 0.25) is 0 Å². The fourth-order valence-corrected chi connectivity index (χ4v) is 6.98. The molecule has 0 fully saturated rings. The molecule has 1 amide bonds. The quantitative estimate of drug-likeness (QED) is 0.194. The molecule has 2 heterocycles. The van der Waals surface area contributed by atoms with Gasteiger partial charge in [-0.1, -0.05) is 23.5 Å². The summed E-state index contributed by atoms with van der Waals surface area (Å²) in [6, 6.07) is 16.7. The molecule has 5 rings (SSSR count). The zero-order valence-electron chi connectivity index (χ0n) is 20.8. The molecular formula is C25H20N4O7S4. The van der Waals surface area contributed by atoms with Crippen molar-refractivity contribution < 1.29 is 30.7 Å². The molecule has 206 valence electrons. The van der Waals surface area contributed by atoms with Crippen LogP contribution in [-0.2, 0) is 25.0 Å². The Morgan fingerprint density at radius 2 is 1.43 bits per heavy atom. The van der Waals surface area contributed by atoms with Gasteiger partial charge in [-0.2, -0.15) is 16.8 Å². The first-order valence-electron chi connectivity index (χ1n) is 11.4. The molecule has 0 saturated heterocycles. The lowest BCUT2D eigenvalue weighted by Gasteiger charge is -2.19. The number of aromatic nitrogens is 2. The fourth-order valence-electron chi connectivity index (χ4n) is 3.88. The van der Waals surface area contributed by atoms with Crippen molar-refractivity contribution in [3.05, 3.63) is 71.6 Å². The summed E-state index contributed by atoms with van der Waals surface area (Å²) in [5, 5.41) is 3.62. The van der Waals surface area contributed by atoms with E-state index in [-0.39, 0.29) is 15.7 Å². The second kappa shape index (κ2) is 10.3. The zero-order chi connectivity index (χ0) is 28.8. The summed E-state index contributed by atoms with van der Waals surface area (Å²) in [7, 11) is -8.83. The van der Waals surface area contributed by atoms with Crippen molar-refractivity contribution in [1.82, 2.24) is 9.97 Å². The topological polar surface area (TPSA) is 167 Å². The molecule has 2 aromatic heterocycles. The fraction of sp³-hybridized carbons (Fsp3) is 0.0800. The predicted molar refractivity (Wildman–Crippen MR) is 154 cm³/mol. The van der Waals surface area contributed by atoms with E-state index in [0.717, 1.165) is 21.8 Å². The minimum atomic E-state index is -4.42. The highest BCUT2D eigenvalue weighted by atomic mass is 32.2. The average Bonchev–Trinajstić information content (AvgIpc) is 3.46. The van der Waals surface area contributed by atoms with Crippen molar-refractivity contribution in [2.75, 3.05) is 10.2 Å². The highest BCUT2D eigenvalue weighted by Gasteiger charge is 2.23. The van der Waals surface area contributed by atoms with Gasteiger partial charge in [-0.05, 0) is 61.5 Å². The molecule has 0 radical (unpaired) electrons. The first kappa shape index (κ1) is 27.8. The number of thiazole rings is 2. The standard InChI is InChI=1S/C25H20N4O7S4/c1-14-23(16-3-5-17(6-4-16)26-15(2)30)28-25(37-14)29(18-7-9-19(10-8-18)39(31,32)33)24-27-21-12-11-20(40(34,35)36)13-22(21)38-24/h3-13H,1-2H3,(H,26,30)(H,31,32,33)(H,34,35,36). The number of carbonyl (C=O) groups excluding carboxylic acids is 1. The molecule has 0 saturated carbocycles. The van der Waals surface area contributed by atoms with Crippen molar-refractivity contribution in [3.63, 3.8) is 0 Å². The molecule has 3 aromatic carbocycles. The SMILES string of the molecule is CC(=O)Nc1ccc(-c2nc(N(c3ccc(S(=O)(=O)O)cc3)c3nc4ccc(S(=O)(=O)O)cc4s3)sc2C)cc1. The summed E-state index contributed by atoms with van der Waals surface area (Å²) in [5.41, 5.74) is 3.10. The number of fused-ring (bicyclic) bond motifs is 1. The van der Waals surface area contributed by atoms with Crippen molar-refractivity contribution in [2.24, 2.45) is 0 Å². The predicted octanol–water partition coefficient (Wildman–Crippen LogP) is 5.65. The highest BCUT2D eigenvalue weighted by molar-refractivity contribution is 7.86. The van der Waals surface area contributed by atoms with Gasteiger partial charge in [-0.3, -0.25) is 18.8 Å². The van der Waals surface area contributed by atoms with Crippen LogP contribution < -0.4 is 10.2 Å². The Bertz CT molecular complexity index is 1970. The van der Waals surface area contributed by atoms with Crippen LogP contribution in [0.4, 0.5) is 21.6 Å². The second-order valence-electron chi connectivity index (χ2n) is 8.57. The van der Waals surface area contributed by atoms with E-state index in [4.69, 9.17) is 4.98 Å². The van der Waals surface area contributed by atoms with Crippen LogP contribution in [0.5, 0.6) is 0 Å². The maximum atomic E-state index is 11.7. The van der Waals surface area contributed by atoms with Crippen molar-refractivity contribution >= 4 is 80.7 Å². The van der Waals surface area contributed by atoms with Gasteiger partial charge in [0.2, 0.25) is 5.91 Å². The van der Waals surface area contributed by atoms with E-state index in [2.05, 4.69) is 10.3 Å². The molecule has 3 N–H and O–H groups in total. The van der Waals surface area contributed by atoms with Crippen LogP contribution in [-0.4, -0.2) is 41.8 Å². The zero-order valence-corrected chi connectivity index (χ0v) is 24.0. The molecule has 0 aliphatic rings. The van der Waals surface area contributed by atoms with Crippen molar-refractivity contribution in [3.8, 4) is 11.3 Å². The smallest absolute Gasteiger partial charge is 0.294 e. The molecule has 0 aliphatic carbocycles. The molecule has 0 bridgehead atoms. The summed E-state index contributed by atoms with van der Waals surface area (Å²) < 4.78 is 65.9. The van der Waals surface area contributed by atoms with Gasteiger partial charge in [-0.15, -0.1) is 11.3 Å². The van der Waals surface area contributed by atoms with E-state index in [1.54, 1.807) is 17.0 Å². The first-order valence-corrected chi connectivity index (χ1v) is 15.9. The average molecular weight is 617 g/mol. The maximum Gasteiger partial charge on any atom is 0.294 e. The van der Waals surface area contributed by atoms with E-state index < -0.39 is 20.2 Å². The number of anilines is 4. The van der Waals surface area contributed by atoms with Gasteiger partial charge in [-0.25, -0.2) is 9.97 Å². The Balaban J connectivity index is 1.63. The third kappa shape index (κ3) is 5.74. The van der Waals surface area contributed by atoms with Crippen LogP contribution in [0.15, 0.2) is 76.5 Å². The van der Waals surface area contributed by atoms with Crippen LogP contribution in [0.1, 0.15) is 11.8 Å². The van der Waals surface area contributed by atoms with Crippen LogP contribution >= 0.6 is 22.7 Å². The molecule has 0 unspecified atom stereocenters. The van der Waals surface area contributed by atoms with E-state index in [1.165, 1.54) is 60.7 Å². The van der Waals surface area contributed by atoms with E-state index >= 15 is 0 Å². The van der Waals surface area contributed by atoms with Crippen LogP contribution in [0.25, 0.3) is 21.5 Å². The Kier molecular flexibility index (Phi) is 7.20. The number of nitrogens with one attached hydrogen (secondary N) is 1. The normalized spacial score (nSPS) is 12.0. The number of amides is 1. The lowest BCUT2D eigenvalue weighted by atomic mass is 10.1. The molecule has 40 heavy (non-hydrogen) atoms. The first-order chi connectivity index (χ1) is 18.8. The van der Waals surface area contributed by atoms with Crippen LogP contribution in [0.3, 0.4) is 0 Å². The number of aryl methyl sites for hydroxylation is 1. The van der Waals surface area contributed by atoms with Gasteiger partial charge in [0.25, 0.3) is 20.2 Å². The molecule has 0 aliphatic heterocycles. The molecule has 5 aromatic rings. The summed E-state index contributed by atoms with van der Waals surface area (Å²) in [4.78, 5) is 22.8.